The molecule has 11 aromatic carbocycles. The summed E-state index contributed by atoms with van der Waals surface area (Å²) >= 11 is 0. The number of hydrogen-bond donors (Lipinski definition) is 0. The van der Waals surface area contributed by atoms with Crippen LogP contribution >= 0.6 is 0 Å². The second-order valence-corrected chi connectivity index (χ2v) is 19.5. The lowest BCUT2D eigenvalue weighted by Gasteiger charge is -2.24. The molecule has 0 amide bonds. The fourth-order valence-corrected chi connectivity index (χ4v) is 12.1. The highest BCUT2D eigenvalue weighted by Gasteiger charge is 2.38. The van der Waals surface area contributed by atoms with Crippen LogP contribution in [0.25, 0.3) is 110 Å². The van der Waals surface area contributed by atoms with E-state index in [1.165, 1.54) is 132 Å². The number of ether oxygens (including phenoxy) is 1. The molecule has 0 N–H and O–H groups in total. The smallest absolute Gasteiger partial charge is 0.118 e. The molecule has 0 saturated carbocycles. The van der Waals surface area contributed by atoms with Gasteiger partial charge in [-0.25, -0.2) is 0 Å². The molecule has 1 heteroatoms. The van der Waals surface area contributed by atoms with Gasteiger partial charge in [-0.1, -0.05) is 198 Å². The first-order valence-corrected chi connectivity index (χ1v) is 23.3. The van der Waals surface area contributed by atoms with Crippen LogP contribution in [0.15, 0.2) is 200 Å². The van der Waals surface area contributed by atoms with Crippen LogP contribution in [0, 0.1) is 0 Å². The first-order chi connectivity index (χ1) is 32.2. The Bertz CT molecular complexity index is 3730. The molecule has 0 radical (unpaired) electrons. The second-order valence-electron chi connectivity index (χ2n) is 19.5. The lowest BCUT2D eigenvalue weighted by Crippen LogP contribution is -2.15. The number of fused-ring (bicyclic) bond motifs is 10. The van der Waals surface area contributed by atoms with Gasteiger partial charge >= 0.3 is 0 Å². The summed E-state index contributed by atoms with van der Waals surface area (Å²) in [7, 11) is 1.73. The lowest BCUT2D eigenvalue weighted by atomic mass is 9.79. The third kappa shape index (κ3) is 5.41. The van der Waals surface area contributed by atoms with Gasteiger partial charge in [0.25, 0.3) is 0 Å². The monoisotopic (exact) mass is 844 g/mol. The van der Waals surface area contributed by atoms with Crippen molar-refractivity contribution in [3.8, 4) is 72.5 Å². The van der Waals surface area contributed by atoms with Crippen LogP contribution in [-0.4, -0.2) is 7.11 Å². The van der Waals surface area contributed by atoms with Crippen LogP contribution in [0.4, 0.5) is 0 Å². The standard InChI is InChI=1S/C65H48O/c1-64(2)56-25-15-14-16-44(56)45-33-28-40(36-57(45)64)41-29-34-46-47-35-30-42(38-59(47)65(3,4)58(46)37-41)61-50-19-8-12-23-54(50)63(55-24-13-9-20-51(55)61)62-52-21-10-6-17-48(52)60(49-18-7-11-22-53(49)62)39-26-31-43(66-5)32-27-39/h6-38H,1-5H3. The molecule has 0 spiro atoms. The van der Waals surface area contributed by atoms with Crippen LogP contribution in [0.3, 0.4) is 0 Å². The van der Waals surface area contributed by atoms with Gasteiger partial charge in [0.1, 0.15) is 5.75 Å². The molecule has 314 valence electrons. The van der Waals surface area contributed by atoms with Crippen molar-refractivity contribution in [2.45, 2.75) is 38.5 Å². The van der Waals surface area contributed by atoms with E-state index >= 15 is 0 Å². The largest absolute Gasteiger partial charge is 0.497 e. The molecule has 0 atom stereocenters. The summed E-state index contributed by atoms with van der Waals surface area (Å²) in [4.78, 5) is 0. The molecular formula is C65H48O. The molecular weight excluding hydrogens is 797 g/mol. The first kappa shape index (κ1) is 38.7. The molecule has 1 nitrogen and oxygen atoms in total. The van der Waals surface area contributed by atoms with E-state index in [2.05, 4.69) is 228 Å². The van der Waals surface area contributed by atoms with E-state index in [1.54, 1.807) is 7.11 Å². The van der Waals surface area contributed by atoms with Crippen molar-refractivity contribution >= 4 is 43.1 Å². The second kappa shape index (κ2) is 14.1. The number of rotatable bonds is 5. The highest BCUT2D eigenvalue weighted by Crippen LogP contribution is 2.55. The SMILES string of the molecule is COc1ccc(-c2c3ccccc3c(-c3c4ccccc4c(-c4ccc5c(c4)C(C)(C)c4cc(-c6ccc7c(c6)C(C)(C)c6ccccc6-7)ccc4-5)c4ccccc34)c3ccccc23)cc1. The highest BCUT2D eigenvalue weighted by molar-refractivity contribution is 6.30. The molecule has 2 aliphatic rings. The molecule has 0 bridgehead atoms. The topological polar surface area (TPSA) is 9.23 Å². The summed E-state index contributed by atoms with van der Waals surface area (Å²) in [5.74, 6) is 0.856. The maximum absolute atomic E-state index is 5.57. The number of methoxy groups -OCH3 is 1. The highest BCUT2D eigenvalue weighted by atomic mass is 16.5. The molecule has 0 fully saturated rings. The molecule has 66 heavy (non-hydrogen) atoms. The van der Waals surface area contributed by atoms with E-state index in [9.17, 15) is 0 Å². The Kier molecular flexibility index (Phi) is 8.28. The minimum atomic E-state index is -0.196. The molecule has 0 aliphatic heterocycles. The van der Waals surface area contributed by atoms with Crippen molar-refractivity contribution in [3.63, 3.8) is 0 Å². The predicted molar refractivity (Wildman–Crippen MR) is 280 cm³/mol. The van der Waals surface area contributed by atoms with E-state index in [-0.39, 0.29) is 10.8 Å². The molecule has 13 rings (SSSR count). The molecule has 0 heterocycles. The van der Waals surface area contributed by atoms with Gasteiger partial charge in [0, 0.05) is 10.8 Å². The Labute approximate surface area is 386 Å². The Hall–Kier alpha value is -7.74. The summed E-state index contributed by atoms with van der Waals surface area (Å²) in [6.45, 7) is 9.57. The minimum absolute atomic E-state index is 0.0405. The Morgan fingerprint density at radius 1 is 0.273 bits per heavy atom. The van der Waals surface area contributed by atoms with E-state index in [4.69, 9.17) is 4.74 Å². The summed E-state index contributed by atoms with van der Waals surface area (Å²) in [6.07, 6.45) is 0. The van der Waals surface area contributed by atoms with Gasteiger partial charge in [-0.2, -0.15) is 0 Å². The van der Waals surface area contributed by atoms with Crippen molar-refractivity contribution in [1.29, 1.82) is 0 Å². The zero-order valence-electron chi connectivity index (χ0n) is 38.0. The van der Waals surface area contributed by atoms with Crippen LogP contribution in [0.5, 0.6) is 5.75 Å². The third-order valence-corrected chi connectivity index (χ3v) is 15.4. The van der Waals surface area contributed by atoms with Crippen molar-refractivity contribution in [3.05, 3.63) is 222 Å². The summed E-state index contributed by atoms with van der Waals surface area (Å²) in [6, 6.07) is 75.2. The van der Waals surface area contributed by atoms with Crippen molar-refractivity contribution in [2.75, 3.05) is 7.11 Å². The van der Waals surface area contributed by atoms with Gasteiger partial charge in [-0.05, 0) is 162 Å². The van der Waals surface area contributed by atoms with Gasteiger partial charge in [0.2, 0.25) is 0 Å². The normalized spacial score (nSPS) is 14.1. The first-order valence-electron chi connectivity index (χ1n) is 23.3. The van der Waals surface area contributed by atoms with Crippen LogP contribution in [-0.2, 0) is 10.8 Å². The minimum Gasteiger partial charge on any atom is -0.497 e. The van der Waals surface area contributed by atoms with Crippen LogP contribution in [0.2, 0.25) is 0 Å². The van der Waals surface area contributed by atoms with Crippen LogP contribution in [0.1, 0.15) is 49.9 Å². The van der Waals surface area contributed by atoms with Gasteiger partial charge in [0.15, 0.2) is 0 Å². The Morgan fingerprint density at radius 2 is 0.576 bits per heavy atom. The van der Waals surface area contributed by atoms with Crippen LogP contribution < -0.4 is 4.74 Å². The van der Waals surface area contributed by atoms with E-state index < -0.39 is 0 Å². The number of hydrogen-bond acceptors (Lipinski definition) is 1. The zero-order chi connectivity index (χ0) is 44.5. The maximum Gasteiger partial charge on any atom is 0.118 e. The summed E-state index contributed by atoms with van der Waals surface area (Å²) in [5.41, 5.74) is 20.8. The Balaban J connectivity index is 0.978. The van der Waals surface area contributed by atoms with Crippen molar-refractivity contribution in [2.24, 2.45) is 0 Å². The van der Waals surface area contributed by atoms with Crippen molar-refractivity contribution < 1.29 is 4.74 Å². The molecule has 0 aromatic heterocycles. The predicted octanol–water partition coefficient (Wildman–Crippen LogP) is 17.6. The Morgan fingerprint density at radius 3 is 1.00 bits per heavy atom. The van der Waals surface area contributed by atoms with E-state index in [1.807, 2.05) is 0 Å². The average molecular weight is 845 g/mol. The van der Waals surface area contributed by atoms with Gasteiger partial charge in [-0.3, -0.25) is 0 Å². The molecule has 11 aromatic rings. The maximum atomic E-state index is 5.57. The average Bonchev–Trinajstić information content (AvgIpc) is 3.73. The van der Waals surface area contributed by atoms with E-state index in [0.717, 1.165) is 5.75 Å². The van der Waals surface area contributed by atoms with Crippen molar-refractivity contribution in [1.82, 2.24) is 0 Å². The van der Waals surface area contributed by atoms with Gasteiger partial charge in [-0.15, -0.1) is 0 Å². The van der Waals surface area contributed by atoms with E-state index in [0.29, 0.717) is 0 Å². The zero-order valence-corrected chi connectivity index (χ0v) is 38.0. The number of benzene rings is 11. The third-order valence-electron chi connectivity index (χ3n) is 15.4. The summed E-state index contributed by atoms with van der Waals surface area (Å²) < 4.78 is 5.57. The quantitative estimate of drug-likeness (QED) is 0.157. The molecule has 0 saturated heterocycles. The fourth-order valence-electron chi connectivity index (χ4n) is 12.1. The fraction of sp³-hybridized carbons (Fsp3) is 0.108. The van der Waals surface area contributed by atoms with Gasteiger partial charge in [0.05, 0.1) is 7.11 Å². The molecule has 0 unspecified atom stereocenters. The lowest BCUT2D eigenvalue weighted by molar-refractivity contribution is 0.415. The summed E-state index contributed by atoms with van der Waals surface area (Å²) in [5, 5.41) is 10.0. The molecule has 2 aliphatic carbocycles. The van der Waals surface area contributed by atoms with Gasteiger partial charge < -0.3 is 4.74 Å².